The van der Waals surface area contributed by atoms with E-state index in [2.05, 4.69) is 21.2 Å². The van der Waals surface area contributed by atoms with Gasteiger partial charge in [-0.3, -0.25) is 4.79 Å². The Balaban J connectivity index is 1.58. The van der Waals surface area contributed by atoms with Crippen molar-refractivity contribution in [3.05, 3.63) is 98.6 Å². The van der Waals surface area contributed by atoms with Crippen LogP contribution in [-0.4, -0.2) is 23.0 Å². The fraction of sp³-hybridized carbons (Fsp3) is 0.0417. The SMILES string of the molecule is O=C(O)c1ccc(COc2ccc(Br)cc2/C=C2/NC(=O)N(c3cccc(Cl)c3)C2=O)cc1. The van der Waals surface area contributed by atoms with Crippen LogP contribution in [0.5, 0.6) is 5.75 Å². The molecule has 3 aromatic carbocycles. The molecule has 2 N–H and O–H groups in total. The first-order valence-corrected chi connectivity index (χ1v) is 10.9. The molecule has 1 aliphatic rings. The van der Waals surface area contributed by atoms with Crippen LogP contribution in [0.3, 0.4) is 0 Å². The molecular formula is C24H16BrClN2O5. The largest absolute Gasteiger partial charge is 0.488 e. The van der Waals surface area contributed by atoms with Gasteiger partial charge in [0.25, 0.3) is 5.91 Å². The molecule has 1 saturated heterocycles. The minimum atomic E-state index is -1.00. The average molecular weight is 528 g/mol. The molecule has 0 unspecified atom stereocenters. The Kier molecular flexibility index (Phi) is 6.48. The fourth-order valence-corrected chi connectivity index (χ4v) is 3.77. The van der Waals surface area contributed by atoms with Gasteiger partial charge in [0, 0.05) is 15.1 Å². The van der Waals surface area contributed by atoms with E-state index in [-0.39, 0.29) is 17.9 Å². The lowest BCUT2D eigenvalue weighted by atomic mass is 10.1. The maximum atomic E-state index is 12.9. The molecule has 9 heteroatoms. The van der Waals surface area contributed by atoms with Crippen LogP contribution in [-0.2, 0) is 11.4 Å². The van der Waals surface area contributed by atoms with Gasteiger partial charge in [0.1, 0.15) is 18.1 Å². The predicted molar refractivity (Wildman–Crippen MR) is 127 cm³/mol. The van der Waals surface area contributed by atoms with Gasteiger partial charge in [-0.15, -0.1) is 0 Å². The molecule has 3 aromatic rings. The Labute approximate surface area is 202 Å². The van der Waals surface area contributed by atoms with Crippen LogP contribution in [0.25, 0.3) is 6.08 Å². The molecule has 0 spiro atoms. The van der Waals surface area contributed by atoms with Crippen molar-refractivity contribution in [3.8, 4) is 5.75 Å². The first kappa shape index (κ1) is 22.6. The predicted octanol–water partition coefficient (Wildman–Crippen LogP) is 5.48. The molecule has 0 radical (unpaired) electrons. The molecule has 0 bridgehead atoms. The number of nitrogens with one attached hydrogen (secondary N) is 1. The van der Waals surface area contributed by atoms with Crippen molar-refractivity contribution >= 4 is 57.2 Å². The standard InChI is InChI=1S/C24H16BrClN2O5/c25-17-8-9-21(33-13-14-4-6-15(7-5-14)23(30)31)16(10-17)11-20-22(29)28(24(32)27-20)19-3-1-2-18(26)12-19/h1-12H,13H2,(H,27,32)(H,30,31)/b20-11+. The summed E-state index contributed by atoms with van der Waals surface area (Å²) in [4.78, 5) is 37.4. The third-order valence-corrected chi connectivity index (χ3v) is 5.54. The number of nitrogens with zero attached hydrogens (tertiary/aromatic N) is 1. The summed E-state index contributed by atoms with van der Waals surface area (Å²) in [5.41, 5.74) is 1.99. The van der Waals surface area contributed by atoms with Crippen LogP contribution in [0.2, 0.25) is 5.02 Å². The van der Waals surface area contributed by atoms with Crippen molar-refractivity contribution in [2.24, 2.45) is 0 Å². The van der Waals surface area contributed by atoms with Crippen molar-refractivity contribution in [3.63, 3.8) is 0 Å². The second-order valence-electron chi connectivity index (χ2n) is 7.08. The Morgan fingerprint density at radius 2 is 1.85 bits per heavy atom. The van der Waals surface area contributed by atoms with Crippen molar-refractivity contribution < 1.29 is 24.2 Å². The minimum absolute atomic E-state index is 0.0914. The van der Waals surface area contributed by atoms with E-state index in [0.29, 0.717) is 22.0 Å². The highest BCUT2D eigenvalue weighted by Crippen LogP contribution is 2.29. The van der Waals surface area contributed by atoms with Crippen LogP contribution in [0.15, 0.2) is 76.9 Å². The van der Waals surface area contributed by atoms with E-state index < -0.39 is 17.9 Å². The summed E-state index contributed by atoms with van der Waals surface area (Å²) < 4.78 is 6.67. The number of ether oxygens (including phenoxy) is 1. The summed E-state index contributed by atoms with van der Waals surface area (Å²) in [5, 5.41) is 12.0. The molecule has 0 atom stereocenters. The highest BCUT2D eigenvalue weighted by Gasteiger charge is 2.35. The molecule has 33 heavy (non-hydrogen) atoms. The number of carbonyl (C=O) groups is 3. The fourth-order valence-electron chi connectivity index (χ4n) is 3.21. The lowest BCUT2D eigenvalue weighted by Crippen LogP contribution is -2.30. The summed E-state index contributed by atoms with van der Waals surface area (Å²) in [7, 11) is 0. The highest BCUT2D eigenvalue weighted by molar-refractivity contribution is 9.10. The average Bonchev–Trinajstić information content (AvgIpc) is 3.06. The minimum Gasteiger partial charge on any atom is -0.488 e. The zero-order valence-electron chi connectivity index (χ0n) is 16.9. The third kappa shape index (κ3) is 5.08. The van der Waals surface area contributed by atoms with Gasteiger partial charge in [-0.25, -0.2) is 14.5 Å². The van der Waals surface area contributed by atoms with Gasteiger partial charge >= 0.3 is 12.0 Å². The van der Waals surface area contributed by atoms with Crippen molar-refractivity contribution in [1.82, 2.24) is 5.32 Å². The lowest BCUT2D eigenvalue weighted by Gasteiger charge is -2.12. The van der Waals surface area contributed by atoms with Gasteiger partial charge < -0.3 is 15.2 Å². The molecule has 0 aliphatic carbocycles. The Morgan fingerprint density at radius 3 is 2.55 bits per heavy atom. The maximum Gasteiger partial charge on any atom is 0.335 e. The number of benzene rings is 3. The second-order valence-corrected chi connectivity index (χ2v) is 8.43. The third-order valence-electron chi connectivity index (χ3n) is 4.81. The van der Waals surface area contributed by atoms with Crippen LogP contribution in [0, 0.1) is 0 Å². The van der Waals surface area contributed by atoms with Crippen LogP contribution >= 0.6 is 27.5 Å². The van der Waals surface area contributed by atoms with E-state index in [1.165, 1.54) is 18.2 Å². The molecule has 0 saturated carbocycles. The van der Waals surface area contributed by atoms with Crippen molar-refractivity contribution in [2.45, 2.75) is 6.61 Å². The summed E-state index contributed by atoms with van der Waals surface area (Å²) in [6.45, 7) is 0.187. The highest BCUT2D eigenvalue weighted by atomic mass is 79.9. The molecule has 7 nitrogen and oxygen atoms in total. The number of anilines is 1. The lowest BCUT2D eigenvalue weighted by molar-refractivity contribution is -0.113. The van der Waals surface area contributed by atoms with E-state index in [1.54, 1.807) is 54.6 Å². The molecule has 0 aromatic heterocycles. The molecular weight excluding hydrogens is 512 g/mol. The first-order chi connectivity index (χ1) is 15.8. The first-order valence-electron chi connectivity index (χ1n) is 9.69. The molecule has 4 rings (SSSR count). The smallest absolute Gasteiger partial charge is 0.335 e. The summed E-state index contributed by atoms with van der Waals surface area (Å²) in [5.74, 6) is -1.03. The number of imide groups is 1. The zero-order valence-corrected chi connectivity index (χ0v) is 19.3. The van der Waals surface area contributed by atoms with Crippen LogP contribution < -0.4 is 15.0 Å². The number of halogens is 2. The topological polar surface area (TPSA) is 95.9 Å². The molecule has 1 aliphatic heterocycles. The van der Waals surface area contributed by atoms with Crippen LogP contribution in [0.1, 0.15) is 21.5 Å². The maximum absolute atomic E-state index is 12.9. The Morgan fingerprint density at radius 1 is 1.09 bits per heavy atom. The van der Waals surface area contributed by atoms with Crippen molar-refractivity contribution in [1.29, 1.82) is 0 Å². The van der Waals surface area contributed by atoms with Gasteiger partial charge in [0.05, 0.1) is 11.3 Å². The number of carboxylic acid groups (broad SMARTS) is 1. The number of aromatic carboxylic acids is 1. The number of urea groups is 1. The number of rotatable bonds is 6. The Hall–Kier alpha value is -3.62. The zero-order chi connectivity index (χ0) is 23.5. The van der Waals surface area contributed by atoms with Gasteiger partial charge in [0.15, 0.2) is 0 Å². The normalized spacial score (nSPS) is 14.5. The van der Waals surface area contributed by atoms with Gasteiger partial charge in [0.2, 0.25) is 0 Å². The van der Waals surface area contributed by atoms with Crippen LogP contribution in [0.4, 0.5) is 10.5 Å². The van der Waals surface area contributed by atoms with E-state index in [0.717, 1.165) is 14.9 Å². The quantitative estimate of drug-likeness (QED) is 0.327. The van der Waals surface area contributed by atoms with E-state index >= 15 is 0 Å². The summed E-state index contributed by atoms with van der Waals surface area (Å²) >= 11 is 9.41. The number of amides is 3. The van der Waals surface area contributed by atoms with E-state index in [1.807, 2.05) is 0 Å². The van der Waals surface area contributed by atoms with Gasteiger partial charge in [-0.1, -0.05) is 45.7 Å². The number of hydrogen-bond acceptors (Lipinski definition) is 4. The van der Waals surface area contributed by atoms with E-state index in [9.17, 15) is 14.4 Å². The molecule has 166 valence electrons. The second kappa shape index (κ2) is 9.48. The number of carboxylic acids is 1. The molecule has 3 amide bonds. The number of carbonyl (C=O) groups excluding carboxylic acids is 2. The van der Waals surface area contributed by atoms with Gasteiger partial charge in [-0.05, 0) is 60.2 Å². The summed E-state index contributed by atoms with van der Waals surface area (Å²) in [6.07, 6.45) is 1.54. The molecule has 1 fully saturated rings. The number of hydrogen-bond donors (Lipinski definition) is 2. The Bertz CT molecular complexity index is 1290. The monoisotopic (exact) mass is 526 g/mol. The van der Waals surface area contributed by atoms with Gasteiger partial charge in [-0.2, -0.15) is 0 Å². The van der Waals surface area contributed by atoms with Crippen molar-refractivity contribution in [2.75, 3.05) is 4.90 Å². The van der Waals surface area contributed by atoms with E-state index in [4.69, 9.17) is 21.4 Å². The molecule has 1 heterocycles. The summed E-state index contributed by atoms with van der Waals surface area (Å²) in [6, 6.07) is 17.5.